The molecule has 1 aliphatic rings. The first-order chi connectivity index (χ1) is 8.53. The lowest BCUT2D eigenvalue weighted by Gasteiger charge is -2.46. The van der Waals surface area contributed by atoms with E-state index in [1.165, 1.54) is 5.56 Å². The van der Waals surface area contributed by atoms with Gasteiger partial charge in [0, 0.05) is 24.7 Å². The molecule has 2 atom stereocenters. The van der Waals surface area contributed by atoms with Crippen LogP contribution in [0, 0.1) is 12.3 Å². The zero-order valence-electron chi connectivity index (χ0n) is 11.5. The van der Waals surface area contributed by atoms with Gasteiger partial charge in [-0.1, -0.05) is 36.3 Å². The topological polar surface area (TPSA) is 15.3 Å². The first-order valence-electron chi connectivity index (χ1n) is 6.55. The van der Waals surface area contributed by atoms with Crippen molar-refractivity contribution >= 4 is 0 Å². The molecule has 1 saturated heterocycles. The van der Waals surface area contributed by atoms with Crippen molar-refractivity contribution in [2.24, 2.45) is 0 Å². The molecule has 18 heavy (non-hydrogen) atoms. The first kappa shape index (κ1) is 13.1. The lowest BCUT2D eigenvalue weighted by Crippen LogP contribution is -2.59. The molecule has 1 N–H and O–H groups in total. The average molecular weight is 242 g/mol. The highest BCUT2D eigenvalue weighted by Crippen LogP contribution is 2.28. The van der Waals surface area contributed by atoms with Crippen LogP contribution in [-0.4, -0.2) is 29.6 Å². The number of hydrogen-bond acceptors (Lipinski definition) is 2. The lowest BCUT2D eigenvalue weighted by molar-refractivity contribution is 0.0796. The Morgan fingerprint density at radius 1 is 1.39 bits per heavy atom. The highest BCUT2D eigenvalue weighted by atomic mass is 15.3. The third kappa shape index (κ3) is 2.75. The Labute approximate surface area is 110 Å². The van der Waals surface area contributed by atoms with Crippen LogP contribution in [0.4, 0.5) is 0 Å². The van der Waals surface area contributed by atoms with E-state index in [0.29, 0.717) is 6.04 Å². The van der Waals surface area contributed by atoms with Crippen molar-refractivity contribution in [2.75, 3.05) is 13.1 Å². The van der Waals surface area contributed by atoms with Gasteiger partial charge < -0.3 is 5.32 Å². The molecule has 2 nitrogen and oxygen atoms in total. The molecule has 2 heteroatoms. The lowest BCUT2D eigenvalue weighted by atomic mass is 9.93. The van der Waals surface area contributed by atoms with E-state index >= 15 is 0 Å². The molecule has 0 spiro atoms. The molecule has 2 unspecified atom stereocenters. The van der Waals surface area contributed by atoms with Crippen LogP contribution in [0.25, 0.3) is 0 Å². The van der Waals surface area contributed by atoms with Crippen molar-refractivity contribution in [3.63, 3.8) is 0 Å². The number of nitrogens with one attached hydrogen (secondary N) is 1. The third-order valence-electron chi connectivity index (χ3n) is 3.68. The second-order valence-electron chi connectivity index (χ2n) is 5.71. The monoisotopic (exact) mass is 242 g/mol. The number of terminal acetylenes is 1. The minimum absolute atomic E-state index is 0.121. The number of benzene rings is 1. The number of rotatable bonds is 2. The highest BCUT2D eigenvalue weighted by Gasteiger charge is 2.35. The maximum atomic E-state index is 5.62. The van der Waals surface area contributed by atoms with Gasteiger partial charge in [-0.3, -0.25) is 4.90 Å². The van der Waals surface area contributed by atoms with Crippen molar-refractivity contribution in [2.45, 2.75) is 38.4 Å². The summed E-state index contributed by atoms with van der Waals surface area (Å²) in [4.78, 5) is 2.42. The Balaban J connectivity index is 2.26. The second kappa shape index (κ2) is 5.14. The van der Waals surface area contributed by atoms with Crippen LogP contribution < -0.4 is 5.32 Å². The Kier molecular flexibility index (Phi) is 3.75. The van der Waals surface area contributed by atoms with Gasteiger partial charge in [0.15, 0.2) is 0 Å². The summed E-state index contributed by atoms with van der Waals surface area (Å²) in [5, 5.41) is 3.61. The van der Waals surface area contributed by atoms with Crippen molar-refractivity contribution in [3.05, 3.63) is 35.9 Å². The quantitative estimate of drug-likeness (QED) is 0.801. The van der Waals surface area contributed by atoms with Gasteiger partial charge in [-0.05, 0) is 26.3 Å². The zero-order valence-corrected chi connectivity index (χ0v) is 11.5. The predicted molar refractivity (Wildman–Crippen MR) is 76.3 cm³/mol. The van der Waals surface area contributed by atoms with Gasteiger partial charge in [-0.15, -0.1) is 6.42 Å². The van der Waals surface area contributed by atoms with Crippen molar-refractivity contribution < 1.29 is 0 Å². The fraction of sp³-hybridized carbons (Fsp3) is 0.500. The second-order valence-corrected chi connectivity index (χ2v) is 5.71. The molecule has 1 heterocycles. The summed E-state index contributed by atoms with van der Waals surface area (Å²) in [6.07, 6.45) is 5.62. The molecule has 96 valence electrons. The van der Waals surface area contributed by atoms with Gasteiger partial charge in [0.1, 0.15) is 0 Å². The largest absolute Gasteiger partial charge is 0.309 e. The molecule has 1 aromatic rings. The smallest absolute Gasteiger partial charge is 0.0689 e. The minimum Gasteiger partial charge on any atom is -0.309 e. The van der Waals surface area contributed by atoms with Gasteiger partial charge >= 0.3 is 0 Å². The summed E-state index contributed by atoms with van der Waals surface area (Å²) in [6.45, 7) is 8.48. The Morgan fingerprint density at radius 3 is 2.67 bits per heavy atom. The number of nitrogens with zero attached hydrogens (tertiary/aromatic N) is 1. The van der Waals surface area contributed by atoms with E-state index in [1.807, 2.05) is 0 Å². The molecular formula is C16H22N2. The van der Waals surface area contributed by atoms with Gasteiger partial charge in [0.2, 0.25) is 0 Å². The molecule has 1 fully saturated rings. The van der Waals surface area contributed by atoms with Gasteiger partial charge in [0.05, 0.1) is 6.04 Å². The standard InChI is InChI=1S/C16H22N2/c1-5-13(2)18-12-16(3,4)17-11-15(18)14-9-7-6-8-10-14/h1,6-10,13,15,17H,11-12H2,2-4H3. The van der Waals surface area contributed by atoms with Gasteiger partial charge in [-0.2, -0.15) is 0 Å². The number of piperazine rings is 1. The predicted octanol–water partition coefficient (Wildman–Crippen LogP) is 2.43. The van der Waals surface area contributed by atoms with Crippen LogP contribution in [0.15, 0.2) is 30.3 Å². The molecule has 0 radical (unpaired) electrons. The molecule has 0 amide bonds. The van der Waals surface area contributed by atoms with E-state index in [9.17, 15) is 0 Å². The summed E-state index contributed by atoms with van der Waals surface area (Å²) in [5.74, 6) is 2.87. The average Bonchev–Trinajstić information content (AvgIpc) is 2.38. The van der Waals surface area contributed by atoms with Crippen molar-refractivity contribution in [3.8, 4) is 12.3 Å². The molecule has 1 aliphatic heterocycles. The molecule has 0 bridgehead atoms. The third-order valence-corrected chi connectivity index (χ3v) is 3.68. The minimum atomic E-state index is 0.121. The number of hydrogen-bond donors (Lipinski definition) is 1. The molecule has 0 aliphatic carbocycles. The zero-order chi connectivity index (χ0) is 13.2. The fourth-order valence-electron chi connectivity index (χ4n) is 2.60. The van der Waals surface area contributed by atoms with Gasteiger partial charge in [-0.25, -0.2) is 0 Å². The van der Waals surface area contributed by atoms with E-state index in [0.717, 1.165) is 13.1 Å². The van der Waals surface area contributed by atoms with E-state index in [4.69, 9.17) is 6.42 Å². The van der Waals surface area contributed by atoms with E-state index in [1.54, 1.807) is 0 Å². The van der Waals surface area contributed by atoms with Crippen molar-refractivity contribution in [1.29, 1.82) is 0 Å². The maximum Gasteiger partial charge on any atom is 0.0689 e. The van der Waals surface area contributed by atoms with Crippen LogP contribution in [-0.2, 0) is 0 Å². The van der Waals surface area contributed by atoms with Crippen LogP contribution >= 0.6 is 0 Å². The van der Waals surface area contributed by atoms with Crippen LogP contribution in [0.5, 0.6) is 0 Å². The maximum absolute atomic E-state index is 5.62. The summed E-state index contributed by atoms with van der Waals surface area (Å²) >= 11 is 0. The van der Waals surface area contributed by atoms with Crippen LogP contribution in [0.1, 0.15) is 32.4 Å². The SMILES string of the molecule is C#CC(C)N1CC(C)(C)NCC1c1ccccc1. The van der Waals surface area contributed by atoms with E-state index < -0.39 is 0 Å². The van der Waals surface area contributed by atoms with E-state index in [2.05, 4.69) is 67.2 Å². The van der Waals surface area contributed by atoms with E-state index in [-0.39, 0.29) is 11.6 Å². The molecule has 2 rings (SSSR count). The molecule has 0 saturated carbocycles. The Bertz CT molecular complexity index is 430. The molecule has 0 aromatic heterocycles. The molecular weight excluding hydrogens is 220 g/mol. The Hall–Kier alpha value is -1.30. The van der Waals surface area contributed by atoms with Crippen LogP contribution in [0.2, 0.25) is 0 Å². The normalized spacial score (nSPS) is 25.3. The Morgan fingerprint density at radius 2 is 2.06 bits per heavy atom. The molecule has 1 aromatic carbocycles. The van der Waals surface area contributed by atoms with Crippen molar-refractivity contribution in [1.82, 2.24) is 10.2 Å². The van der Waals surface area contributed by atoms with Gasteiger partial charge in [0.25, 0.3) is 0 Å². The fourth-order valence-corrected chi connectivity index (χ4v) is 2.60. The summed E-state index contributed by atoms with van der Waals surface area (Å²) in [7, 11) is 0. The highest BCUT2D eigenvalue weighted by molar-refractivity contribution is 5.22. The summed E-state index contributed by atoms with van der Waals surface area (Å²) in [6, 6.07) is 11.1. The summed E-state index contributed by atoms with van der Waals surface area (Å²) in [5.41, 5.74) is 1.46. The first-order valence-corrected chi connectivity index (χ1v) is 6.55. The van der Waals surface area contributed by atoms with Crippen LogP contribution in [0.3, 0.4) is 0 Å². The summed E-state index contributed by atoms with van der Waals surface area (Å²) < 4.78 is 0.